The monoisotopic (exact) mass is 358 g/mol. The molecule has 0 bridgehead atoms. The van der Waals surface area contributed by atoms with Gasteiger partial charge in [0.25, 0.3) is 0 Å². The maximum atomic E-state index is 5.25. The van der Waals surface area contributed by atoms with E-state index >= 15 is 0 Å². The minimum absolute atomic E-state index is 0.452. The van der Waals surface area contributed by atoms with E-state index in [9.17, 15) is 0 Å². The minimum Gasteiger partial charge on any atom is -0.250 e. The molecule has 3 aromatic rings. The van der Waals surface area contributed by atoms with Gasteiger partial charge in [-0.2, -0.15) is 14.9 Å². The van der Waals surface area contributed by atoms with E-state index in [0.29, 0.717) is 10.6 Å². The van der Waals surface area contributed by atoms with Crippen molar-refractivity contribution in [3.05, 3.63) is 69.4 Å². The van der Waals surface area contributed by atoms with Crippen LogP contribution in [0.3, 0.4) is 0 Å². The van der Waals surface area contributed by atoms with Crippen molar-refractivity contribution in [2.24, 2.45) is 5.10 Å². The van der Waals surface area contributed by atoms with Crippen LogP contribution in [0, 0.1) is 4.77 Å². The molecule has 0 aliphatic rings. The lowest BCUT2D eigenvalue weighted by atomic mass is 10.2. The second-order valence-corrected chi connectivity index (χ2v) is 5.54. The highest BCUT2D eigenvalue weighted by atomic mass is 79.9. The van der Waals surface area contributed by atoms with E-state index in [1.807, 2.05) is 54.6 Å². The number of nitrogens with zero attached hydrogens (tertiary/aromatic N) is 3. The van der Waals surface area contributed by atoms with Crippen LogP contribution in [0.4, 0.5) is 0 Å². The van der Waals surface area contributed by atoms with Crippen LogP contribution in [0.5, 0.6) is 0 Å². The molecule has 4 nitrogen and oxygen atoms in total. The van der Waals surface area contributed by atoms with Gasteiger partial charge in [0.15, 0.2) is 5.82 Å². The van der Waals surface area contributed by atoms with Crippen molar-refractivity contribution in [3.63, 3.8) is 0 Å². The molecule has 0 unspecified atom stereocenters. The minimum atomic E-state index is 0.452. The normalized spacial score (nSPS) is 11.1. The van der Waals surface area contributed by atoms with Crippen LogP contribution in [-0.2, 0) is 0 Å². The predicted molar refractivity (Wildman–Crippen MR) is 90.0 cm³/mol. The first-order chi connectivity index (χ1) is 10.3. The number of hydrogen-bond acceptors (Lipinski definition) is 3. The molecule has 0 spiro atoms. The summed E-state index contributed by atoms with van der Waals surface area (Å²) in [6.45, 7) is 0. The maximum absolute atomic E-state index is 5.25. The largest absolute Gasteiger partial charge is 0.250 e. The van der Waals surface area contributed by atoms with E-state index in [4.69, 9.17) is 12.2 Å². The second-order valence-electron chi connectivity index (χ2n) is 4.30. The third-order valence-corrected chi connectivity index (χ3v) is 3.84. The summed E-state index contributed by atoms with van der Waals surface area (Å²) in [5, 5.41) is 11.5. The van der Waals surface area contributed by atoms with Gasteiger partial charge in [-0.25, -0.2) is 5.10 Å². The van der Waals surface area contributed by atoms with Gasteiger partial charge in [0, 0.05) is 10.0 Å². The van der Waals surface area contributed by atoms with Gasteiger partial charge in [-0.15, -0.1) is 0 Å². The molecule has 2 aromatic carbocycles. The molecule has 0 saturated heterocycles. The zero-order chi connectivity index (χ0) is 14.7. The molecule has 0 amide bonds. The van der Waals surface area contributed by atoms with Crippen molar-refractivity contribution in [2.45, 2.75) is 0 Å². The van der Waals surface area contributed by atoms with Crippen molar-refractivity contribution < 1.29 is 0 Å². The first kappa shape index (κ1) is 13.9. The molecule has 1 aromatic heterocycles. The van der Waals surface area contributed by atoms with Crippen LogP contribution in [0.2, 0.25) is 0 Å². The van der Waals surface area contributed by atoms with E-state index in [2.05, 4.69) is 31.2 Å². The Morgan fingerprint density at radius 3 is 2.57 bits per heavy atom. The Labute approximate surface area is 135 Å². The lowest BCUT2D eigenvalue weighted by molar-refractivity contribution is 0.871. The number of H-pyrrole nitrogens is 1. The van der Waals surface area contributed by atoms with E-state index in [0.717, 1.165) is 15.6 Å². The molecular weight excluding hydrogens is 348 g/mol. The van der Waals surface area contributed by atoms with Crippen LogP contribution >= 0.6 is 28.1 Å². The average molecular weight is 359 g/mol. The van der Waals surface area contributed by atoms with Crippen LogP contribution in [-0.4, -0.2) is 21.1 Å². The molecule has 0 radical (unpaired) electrons. The summed E-state index contributed by atoms with van der Waals surface area (Å²) in [5.74, 6) is 0.666. The molecule has 1 N–H and O–H groups in total. The van der Waals surface area contributed by atoms with Gasteiger partial charge in [0.2, 0.25) is 4.77 Å². The lowest BCUT2D eigenvalue weighted by Gasteiger charge is -2.03. The van der Waals surface area contributed by atoms with E-state index in [1.54, 1.807) is 10.9 Å². The van der Waals surface area contributed by atoms with Crippen molar-refractivity contribution in [1.82, 2.24) is 14.9 Å². The van der Waals surface area contributed by atoms with Crippen molar-refractivity contribution in [3.8, 4) is 11.4 Å². The summed E-state index contributed by atoms with van der Waals surface area (Å²) in [6, 6.07) is 17.7. The molecule has 0 atom stereocenters. The third kappa shape index (κ3) is 3.01. The Morgan fingerprint density at radius 2 is 1.81 bits per heavy atom. The first-order valence-corrected chi connectivity index (χ1v) is 7.47. The fourth-order valence-electron chi connectivity index (χ4n) is 1.88. The zero-order valence-corrected chi connectivity index (χ0v) is 13.3. The lowest BCUT2D eigenvalue weighted by Crippen LogP contribution is -1.95. The molecule has 21 heavy (non-hydrogen) atoms. The SMILES string of the molecule is S=c1[nH]nc(-c2ccccc2Br)n1/N=C/c1ccccc1. The number of aromatic amines is 1. The summed E-state index contributed by atoms with van der Waals surface area (Å²) in [4.78, 5) is 0. The highest BCUT2D eigenvalue weighted by Crippen LogP contribution is 2.26. The molecule has 0 saturated carbocycles. The quantitative estimate of drug-likeness (QED) is 0.561. The van der Waals surface area contributed by atoms with Gasteiger partial charge in [0.05, 0.1) is 6.21 Å². The number of benzene rings is 2. The zero-order valence-electron chi connectivity index (χ0n) is 10.9. The second kappa shape index (κ2) is 6.15. The van der Waals surface area contributed by atoms with Crippen LogP contribution in [0.15, 0.2) is 64.2 Å². The number of aromatic nitrogens is 3. The van der Waals surface area contributed by atoms with Gasteiger partial charge in [-0.3, -0.25) is 0 Å². The topological polar surface area (TPSA) is 46.0 Å². The fourth-order valence-corrected chi connectivity index (χ4v) is 2.52. The van der Waals surface area contributed by atoms with Crippen LogP contribution in [0.25, 0.3) is 11.4 Å². The Morgan fingerprint density at radius 1 is 1.10 bits per heavy atom. The van der Waals surface area contributed by atoms with Crippen molar-refractivity contribution >= 4 is 34.4 Å². The summed E-state index contributed by atoms with van der Waals surface area (Å²) in [6.07, 6.45) is 1.76. The van der Waals surface area contributed by atoms with Crippen molar-refractivity contribution in [2.75, 3.05) is 0 Å². The molecule has 0 aliphatic heterocycles. The van der Waals surface area contributed by atoms with Gasteiger partial charge >= 0.3 is 0 Å². The molecule has 6 heteroatoms. The number of hydrogen-bond donors (Lipinski definition) is 1. The molecular formula is C15H11BrN4S. The number of rotatable bonds is 3. The summed E-state index contributed by atoms with van der Waals surface area (Å²) in [5.41, 5.74) is 1.92. The average Bonchev–Trinajstić information content (AvgIpc) is 2.88. The smallest absolute Gasteiger partial charge is 0.216 e. The predicted octanol–water partition coefficient (Wildman–Crippen LogP) is 4.25. The summed E-state index contributed by atoms with van der Waals surface area (Å²) in [7, 11) is 0. The van der Waals surface area contributed by atoms with Crippen molar-refractivity contribution in [1.29, 1.82) is 0 Å². The van der Waals surface area contributed by atoms with E-state index in [1.165, 1.54) is 0 Å². The molecule has 1 heterocycles. The van der Waals surface area contributed by atoms with E-state index in [-0.39, 0.29) is 0 Å². The Bertz CT molecular complexity index is 836. The first-order valence-electron chi connectivity index (χ1n) is 6.27. The Balaban J connectivity index is 2.05. The Kier molecular flexibility index (Phi) is 4.08. The van der Waals surface area contributed by atoms with E-state index < -0.39 is 0 Å². The third-order valence-electron chi connectivity index (χ3n) is 2.89. The highest BCUT2D eigenvalue weighted by Gasteiger charge is 2.10. The maximum Gasteiger partial charge on any atom is 0.216 e. The van der Waals surface area contributed by atoms with Gasteiger partial charge in [-0.1, -0.05) is 58.4 Å². The summed E-state index contributed by atoms with van der Waals surface area (Å²) >= 11 is 8.77. The van der Waals surface area contributed by atoms with Crippen LogP contribution < -0.4 is 0 Å². The molecule has 0 fully saturated rings. The fraction of sp³-hybridized carbons (Fsp3) is 0. The van der Waals surface area contributed by atoms with Crippen LogP contribution in [0.1, 0.15) is 5.56 Å². The molecule has 3 rings (SSSR count). The standard InChI is InChI=1S/C15H11BrN4S/c16-13-9-5-4-8-12(13)14-18-19-15(21)20(14)17-10-11-6-2-1-3-7-11/h1-10H,(H,19,21)/b17-10+. The molecule has 104 valence electrons. The highest BCUT2D eigenvalue weighted by molar-refractivity contribution is 9.10. The number of nitrogens with one attached hydrogen (secondary N) is 1. The molecule has 0 aliphatic carbocycles. The Hall–Kier alpha value is -2.05. The van der Waals surface area contributed by atoms with Gasteiger partial charge in [0.1, 0.15) is 0 Å². The van der Waals surface area contributed by atoms with Gasteiger partial charge in [-0.05, 0) is 29.9 Å². The summed E-state index contributed by atoms with van der Waals surface area (Å²) < 4.78 is 3.01. The van der Waals surface area contributed by atoms with Gasteiger partial charge < -0.3 is 0 Å². The number of halogens is 1.